The van der Waals surface area contributed by atoms with Crippen LogP contribution in [0.25, 0.3) is 0 Å². The lowest BCUT2D eigenvalue weighted by Gasteiger charge is -2.03. The minimum absolute atomic E-state index is 0.442. The predicted molar refractivity (Wildman–Crippen MR) is 88.9 cm³/mol. The van der Waals surface area contributed by atoms with Crippen molar-refractivity contribution < 1.29 is 9.59 Å². The fourth-order valence-electron chi connectivity index (χ4n) is 0.984. The van der Waals surface area contributed by atoms with Crippen LogP contribution < -0.4 is 5.73 Å². The smallest absolute Gasteiger partial charge is 0.150 e. The minimum Gasteiger partial charge on any atom is -0.329 e. The highest BCUT2D eigenvalue weighted by molar-refractivity contribution is 7.98. The van der Waals surface area contributed by atoms with E-state index in [-0.39, 0.29) is 0 Å². The first-order chi connectivity index (χ1) is 9.56. The summed E-state index contributed by atoms with van der Waals surface area (Å²) in [6.45, 7) is 3.89. The molecule has 4 nitrogen and oxygen atoms in total. The number of hydrogen-bond acceptors (Lipinski definition) is 5. The second-order valence-electron chi connectivity index (χ2n) is 4.03. The van der Waals surface area contributed by atoms with E-state index in [0.717, 1.165) is 13.1 Å². The van der Waals surface area contributed by atoms with Crippen LogP contribution in [0.15, 0.2) is 24.3 Å². The van der Waals surface area contributed by atoms with Crippen LogP contribution in [0.2, 0.25) is 0 Å². The van der Waals surface area contributed by atoms with Crippen LogP contribution >= 0.6 is 11.8 Å². The monoisotopic (exact) mass is 298 g/mol. The molecule has 20 heavy (non-hydrogen) atoms. The zero-order chi connectivity index (χ0) is 15.8. The van der Waals surface area contributed by atoms with Gasteiger partial charge in [-0.25, -0.2) is 0 Å². The van der Waals surface area contributed by atoms with Gasteiger partial charge in [-0.3, -0.25) is 9.59 Å². The Morgan fingerprint density at radius 2 is 1.55 bits per heavy atom. The molecule has 0 saturated carbocycles. The van der Waals surface area contributed by atoms with Crippen LogP contribution in [0, 0.1) is 0 Å². The number of carbonyl (C=O) groups excluding carboxylic acids is 2. The summed E-state index contributed by atoms with van der Waals surface area (Å²) < 4.78 is 0. The number of nitrogens with two attached hydrogens (primary N) is 1. The zero-order valence-corrected chi connectivity index (χ0v) is 13.7. The Morgan fingerprint density at radius 1 is 1.15 bits per heavy atom. The average Bonchev–Trinajstić information content (AvgIpc) is 2.47. The standard InChI is InChI=1S/C8H6O2.C4H12N2.C3H8S/c9-5-7-3-1-2-4-8(7)6-10;1-6(2)4-3-5;1-3-4-2/h1-6H;3-5H2,1-2H3;3H2,1-2H3. The molecule has 0 heterocycles. The van der Waals surface area contributed by atoms with E-state index in [0.29, 0.717) is 23.7 Å². The van der Waals surface area contributed by atoms with E-state index in [4.69, 9.17) is 5.73 Å². The molecular formula is C15H26N2O2S. The van der Waals surface area contributed by atoms with Gasteiger partial charge in [-0.05, 0) is 26.1 Å². The van der Waals surface area contributed by atoms with Crippen molar-refractivity contribution in [2.75, 3.05) is 39.2 Å². The summed E-state index contributed by atoms with van der Waals surface area (Å²) >= 11 is 1.86. The van der Waals surface area contributed by atoms with Crippen molar-refractivity contribution >= 4 is 24.3 Å². The second-order valence-corrected chi connectivity index (χ2v) is 5.19. The Bertz CT molecular complexity index is 328. The topological polar surface area (TPSA) is 63.4 Å². The van der Waals surface area contributed by atoms with E-state index in [9.17, 15) is 9.59 Å². The molecule has 1 aromatic carbocycles. The van der Waals surface area contributed by atoms with Gasteiger partial charge in [0, 0.05) is 24.2 Å². The Hall–Kier alpha value is -1.17. The molecule has 5 heteroatoms. The van der Waals surface area contributed by atoms with Crippen molar-refractivity contribution in [1.29, 1.82) is 0 Å². The van der Waals surface area contributed by atoms with E-state index in [1.165, 1.54) is 5.75 Å². The number of nitrogens with zero attached hydrogens (tertiary/aromatic N) is 1. The third-order valence-corrected chi connectivity index (χ3v) is 2.69. The second kappa shape index (κ2) is 15.9. The Balaban J connectivity index is 0. The molecular weight excluding hydrogens is 272 g/mol. The molecule has 1 rings (SSSR count). The van der Waals surface area contributed by atoms with Gasteiger partial charge in [-0.2, -0.15) is 11.8 Å². The van der Waals surface area contributed by atoms with Crippen LogP contribution in [0.3, 0.4) is 0 Å². The molecule has 0 radical (unpaired) electrons. The molecule has 2 N–H and O–H groups in total. The number of hydrogen-bond donors (Lipinski definition) is 1. The van der Waals surface area contributed by atoms with Crippen molar-refractivity contribution in [3.05, 3.63) is 35.4 Å². The molecule has 0 unspecified atom stereocenters. The lowest BCUT2D eigenvalue weighted by Crippen LogP contribution is -2.20. The number of carbonyl (C=O) groups is 2. The quantitative estimate of drug-likeness (QED) is 0.844. The maximum Gasteiger partial charge on any atom is 0.150 e. The SMILES string of the molecule is CCSC.CN(C)CCN.O=Cc1ccccc1C=O. The van der Waals surface area contributed by atoms with Gasteiger partial charge in [0.05, 0.1) is 0 Å². The molecule has 0 bridgehead atoms. The molecule has 0 atom stereocenters. The van der Waals surface area contributed by atoms with E-state index >= 15 is 0 Å². The van der Waals surface area contributed by atoms with Gasteiger partial charge < -0.3 is 10.6 Å². The molecule has 114 valence electrons. The third kappa shape index (κ3) is 13.3. The van der Waals surface area contributed by atoms with Gasteiger partial charge >= 0.3 is 0 Å². The molecule has 0 aliphatic carbocycles. The lowest BCUT2D eigenvalue weighted by molar-refractivity contribution is 0.109. The first-order valence-corrected chi connectivity index (χ1v) is 7.79. The Morgan fingerprint density at radius 3 is 1.70 bits per heavy atom. The van der Waals surface area contributed by atoms with Gasteiger partial charge in [0.25, 0.3) is 0 Å². The van der Waals surface area contributed by atoms with Crippen LogP contribution in [0.1, 0.15) is 27.6 Å². The van der Waals surface area contributed by atoms with E-state index < -0.39 is 0 Å². The van der Waals surface area contributed by atoms with Crippen molar-refractivity contribution in [1.82, 2.24) is 4.90 Å². The maximum absolute atomic E-state index is 10.2. The van der Waals surface area contributed by atoms with Crippen LogP contribution in [0.4, 0.5) is 0 Å². The van der Waals surface area contributed by atoms with Gasteiger partial charge in [0.15, 0.2) is 12.6 Å². The summed E-state index contributed by atoms with van der Waals surface area (Å²) in [7, 11) is 4.01. The number of thioether (sulfide) groups is 1. The molecule has 0 saturated heterocycles. The van der Waals surface area contributed by atoms with Crippen molar-refractivity contribution in [2.24, 2.45) is 5.73 Å². The highest BCUT2D eigenvalue weighted by atomic mass is 32.2. The molecule has 0 amide bonds. The number of aldehydes is 2. The highest BCUT2D eigenvalue weighted by Crippen LogP contribution is 2.01. The van der Waals surface area contributed by atoms with Crippen LogP contribution in [0.5, 0.6) is 0 Å². The Labute approximate surface area is 126 Å². The van der Waals surface area contributed by atoms with Gasteiger partial charge in [0.1, 0.15) is 0 Å². The van der Waals surface area contributed by atoms with Crippen molar-refractivity contribution in [2.45, 2.75) is 6.92 Å². The Kier molecular flexibility index (Phi) is 16.8. The number of rotatable bonds is 5. The molecule has 0 aliphatic heterocycles. The molecule has 0 fully saturated rings. The molecule has 0 aromatic heterocycles. The molecule has 0 spiro atoms. The summed E-state index contributed by atoms with van der Waals surface area (Å²) in [6.07, 6.45) is 3.44. The van der Waals surface area contributed by atoms with Gasteiger partial charge in [-0.1, -0.05) is 31.2 Å². The average molecular weight is 298 g/mol. The van der Waals surface area contributed by atoms with E-state index in [2.05, 4.69) is 18.1 Å². The zero-order valence-electron chi connectivity index (χ0n) is 12.8. The van der Waals surface area contributed by atoms with Crippen molar-refractivity contribution in [3.8, 4) is 0 Å². The van der Waals surface area contributed by atoms with Gasteiger partial charge in [-0.15, -0.1) is 0 Å². The predicted octanol–water partition coefficient (Wildman–Crippen LogP) is 2.19. The summed E-state index contributed by atoms with van der Waals surface area (Å²) in [5, 5.41) is 0. The van der Waals surface area contributed by atoms with Gasteiger partial charge in [0.2, 0.25) is 0 Å². The largest absolute Gasteiger partial charge is 0.329 e. The van der Waals surface area contributed by atoms with Crippen LogP contribution in [-0.4, -0.2) is 56.7 Å². The number of benzene rings is 1. The molecule has 1 aromatic rings. The summed E-state index contributed by atoms with van der Waals surface area (Å²) in [5.41, 5.74) is 6.07. The fourth-order valence-corrected chi connectivity index (χ4v) is 0.984. The number of likely N-dealkylation sites (N-methyl/N-ethyl adjacent to an activating group) is 1. The van der Waals surface area contributed by atoms with Crippen molar-refractivity contribution in [3.63, 3.8) is 0 Å². The fraction of sp³-hybridized carbons (Fsp3) is 0.467. The lowest BCUT2D eigenvalue weighted by atomic mass is 10.1. The first-order valence-electron chi connectivity index (χ1n) is 6.40. The maximum atomic E-state index is 10.2. The third-order valence-electron chi connectivity index (χ3n) is 2.11. The molecule has 0 aliphatic rings. The minimum atomic E-state index is 0.442. The normalized spacial score (nSPS) is 8.90. The highest BCUT2D eigenvalue weighted by Gasteiger charge is 1.95. The van der Waals surface area contributed by atoms with E-state index in [1.54, 1.807) is 24.3 Å². The van der Waals surface area contributed by atoms with E-state index in [1.807, 2.05) is 25.9 Å². The van der Waals surface area contributed by atoms with Crippen LogP contribution in [-0.2, 0) is 0 Å². The first kappa shape index (κ1) is 21.1. The summed E-state index contributed by atoms with van der Waals surface area (Å²) in [5.74, 6) is 1.24. The summed E-state index contributed by atoms with van der Waals surface area (Å²) in [6, 6.07) is 6.65. The summed E-state index contributed by atoms with van der Waals surface area (Å²) in [4.78, 5) is 22.5.